The van der Waals surface area contributed by atoms with Gasteiger partial charge in [0.15, 0.2) is 5.58 Å². The molecule has 114 valence electrons. The summed E-state index contributed by atoms with van der Waals surface area (Å²) in [4.78, 5) is 16.7. The Hall–Kier alpha value is -2.14. The minimum absolute atomic E-state index is 0.0395. The van der Waals surface area contributed by atoms with Crippen molar-refractivity contribution >= 4 is 28.2 Å². The lowest BCUT2D eigenvalue weighted by molar-refractivity contribution is -0.131. The molecule has 1 aromatic carbocycles. The summed E-state index contributed by atoms with van der Waals surface area (Å²) in [5.41, 5.74) is 1.41. The highest BCUT2D eigenvalue weighted by molar-refractivity contribution is 7.12. The predicted octanol–water partition coefficient (Wildman–Crippen LogP) is 3.96. The van der Waals surface area contributed by atoms with Crippen molar-refractivity contribution in [3.05, 3.63) is 51.8 Å². The van der Waals surface area contributed by atoms with E-state index >= 15 is 0 Å². The number of amides is 1. The maximum Gasteiger partial charge on any atom is 0.229 e. The van der Waals surface area contributed by atoms with Crippen LogP contribution in [0, 0.1) is 6.92 Å². The molecule has 2 aromatic heterocycles. The van der Waals surface area contributed by atoms with Crippen LogP contribution in [0.4, 0.5) is 0 Å². The number of aromatic nitrogens is 1. The van der Waals surface area contributed by atoms with E-state index in [4.69, 9.17) is 4.52 Å². The van der Waals surface area contributed by atoms with E-state index in [1.54, 1.807) is 16.2 Å². The van der Waals surface area contributed by atoms with Crippen LogP contribution < -0.4 is 0 Å². The van der Waals surface area contributed by atoms with Gasteiger partial charge in [0.2, 0.25) is 5.91 Å². The van der Waals surface area contributed by atoms with Crippen molar-refractivity contribution in [2.45, 2.75) is 26.3 Å². The largest absolute Gasteiger partial charge is 0.356 e. The molecule has 0 N–H and O–H groups in total. The third-order valence-electron chi connectivity index (χ3n) is 3.92. The predicted molar refractivity (Wildman–Crippen MR) is 88.0 cm³/mol. The van der Waals surface area contributed by atoms with Gasteiger partial charge in [-0.1, -0.05) is 17.3 Å². The van der Waals surface area contributed by atoms with Gasteiger partial charge in [-0.25, -0.2) is 0 Å². The molecule has 5 heteroatoms. The van der Waals surface area contributed by atoms with E-state index < -0.39 is 0 Å². The number of hydrogen-bond donors (Lipinski definition) is 0. The fourth-order valence-corrected chi connectivity index (χ4v) is 3.39. The van der Waals surface area contributed by atoms with Crippen LogP contribution in [0.3, 0.4) is 0 Å². The number of carbonyl (C=O) groups excluding carboxylic acids is 1. The van der Waals surface area contributed by atoms with Crippen molar-refractivity contribution in [1.29, 1.82) is 0 Å². The van der Waals surface area contributed by atoms with Crippen molar-refractivity contribution in [2.24, 2.45) is 0 Å². The van der Waals surface area contributed by atoms with E-state index in [2.05, 4.69) is 24.2 Å². The molecule has 0 spiro atoms. The van der Waals surface area contributed by atoms with Gasteiger partial charge in [-0.2, -0.15) is 0 Å². The van der Waals surface area contributed by atoms with Crippen molar-refractivity contribution < 1.29 is 9.32 Å². The Labute approximate surface area is 133 Å². The van der Waals surface area contributed by atoms with E-state index in [0.717, 1.165) is 11.0 Å². The Kier molecular flexibility index (Phi) is 3.98. The van der Waals surface area contributed by atoms with Crippen LogP contribution in [0.25, 0.3) is 11.0 Å². The zero-order valence-electron chi connectivity index (χ0n) is 12.9. The number of aryl methyl sites for hydroxylation is 1. The third kappa shape index (κ3) is 2.76. The van der Waals surface area contributed by atoms with Crippen LogP contribution in [-0.4, -0.2) is 23.0 Å². The number of thiophene rings is 1. The van der Waals surface area contributed by atoms with Gasteiger partial charge in [0.05, 0.1) is 12.5 Å². The van der Waals surface area contributed by atoms with Gasteiger partial charge in [0, 0.05) is 22.2 Å². The second-order valence-corrected chi connectivity index (χ2v) is 6.75. The van der Waals surface area contributed by atoms with E-state index in [0.29, 0.717) is 5.69 Å². The summed E-state index contributed by atoms with van der Waals surface area (Å²) >= 11 is 1.72. The summed E-state index contributed by atoms with van der Waals surface area (Å²) in [5.74, 6) is 0.0395. The summed E-state index contributed by atoms with van der Waals surface area (Å²) < 4.78 is 5.26. The molecule has 3 aromatic rings. The smallest absolute Gasteiger partial charge is 0.229 e. The SMILES string of the molecule is Cc1ccc([C@H](C)N(C)C(=O)Cc2noc3ccccc23)s1. The average Bonchev–Trinajstić information content (AvgIpc) is 3.13. The first-order chi connectivity index (χ1) is 10.6. The number of nitrogens with zero attached hydrogens (tertiary/aromatic N) is 2. The zero-order chi connectivity index (χ0) is 15.7. The van der Waals surface area contributed by atoms with Crippen LogP contribution in [0.15, 0.2) is 40.9 Å². The second-order valence-electron chi connectivity index (χ2n) is 5.43. The molecule has 0 saturated carbocycles. The van der Waals surface area contributed by atoms with Crippen LogP contribution in [0.5, 0.6) is 0 Å². The van der Waals surface area contributed by atoms with Crippen molar-refractivity contribution in [2.75, 3.05) is 7.05 Å². The highest BCUT2D eigenvalue weighted by atomic mass is 32.1. The van der Waals surface area contributed by atoms with Gasteiger partial charge in [0.25, 0.3) is 0 Å². The number of likely N-dealkylation sites (N-methyl/N-ethyl adjacent to an activating group) is 1. The number of benzene rings is 1. The van der Waals surface area contributed by atoms with Gasteiger partial charge >= 0.3 is 0 Å². The molecule has 1 amide bonds. The fourth-order valence-electron chi connectivity index (χ4n) is 2.42. The molecular weight excluding hydrogens is 296 g/mol. The maximum absolute atomic E-state index is 12.5. The third-order valence-corrected chi connectivity index (χ3v) is 5.09. The molecule has 0 aliphatic rings. The molecular formula is C17H18N2O2S. The normalized spacial score (nSPS) is 12.5. The number of para-hydroxylation sites is 1. The van der Waals surface area contributed by atoms with Crippen LogP contribution in [0.1, 0.15) is 28.4 Å². The van der Waals surface area contributed by atoms with Crippen molar-refractivity contribution in [3.63, 3.8) is 0 Å². The zero-order valence-corrected chi connectivity index (χ0v) is 13.7. The highest BCUT2D eigenvalue weighted by Gasteiger charge is 2.21. The summed E-state index contributed by atoms with van der Waals surface area (Å²) in [7, 11) is 1.84. The molecule has 0 aliphatic heterocycles. The fraction of sp³-hybridized carbons (Fsp3) is 0.294. The minimum atomic E-state index is 0.0395. The number of fused-ring (bicyclic) bond motifs is 1. The molecule has 0 radical (unpaired) electrons. The topological polar surface area (TPSA) is 46.3 Å². The lowest BCUT2D eigenvalue weighted by atomic mass is 10.1. The molecule has 1 atom stereocenters. The number of carbonyl (C=O) groups is 1. The van der Waals surface area contributed by atoms with Crippen LogP contribution in [-0.2, 0) is 11.2 Å². The van der Waals surface area contributed by atoms with Crippen LogP contribution >= 0.6 is 11.3 Å². The first-order valence-electron chi connectivity index (χ1n) is 7.21. The monoisotopic (exact) mass is 314 g/mol. The van der Waals surface area contributed by atoms with Gasteiger partial charge in [-0.15, -0.1) is 11.3 Å². The van der Waals surface area contributed by atoms with Gasteiger partial charge in [0.1, 0.15) is 5.69 Å². The molecule has 0 fully saturated rings. The quantitative estimate of drug-likeness (QED) is 0.732. The maximum atomic E-state index is 12.5. The summed E-state index contributed by atoms with van der Waals surface area (Å²) in [6, 6.07) is 11.8. The van der Waals surface area contributed by atoms with Gasteiger partial charge in [-0.05, 0) is 38.1 Å². The molecule has 3 rings (SSSR count). The first-order valence-corrected chi connectivity index (χ1v) is 8.03. The number of rotatable bonds is 4. The lowest BCUT2D eigenvalue weighted by Crippen LogP contribution is -2.30. The summed E-state index contributed by atoms with van der Waals surface area (Å²) in [5, 5.41) is 4.94. The van der Waals surface area contributed by atoms with E-state index in [-0.39, 0.29) is 18.4 Å². The molecule has 4 nitrogen and oxygen atoms in total. The highest BCUT2D eigenvalue weighted by Crippen LogP contribution is 2.27. The Morgan fingerprint density at radius 2 is 2.09 bits per heavy atom. The van der Waals surface area contributed by atoms with Crippen molar-refractivity contribution in [1.82, 2.24) is 10.1 Å². The standard InChI is InChI=1S/C17H18N2O2S/c1-11-8-9-16(22-11)12(2)19(3)17(20)10-14-13-6-4-5-7-15(13)21-18-14/h4-9,12H,10H2,1-3H3/t12-/m0/s1. The average molecular weight is 314 g/mol. The number of hydrogen-bond acceptors (Lipinski definition) is 4. The second kappa shape index (κ2) is 5.93. The Bertz CT molecular complexity index is 806. The first kappa shape index (κ1) is 14.8. The molecule has 22 heavy (non-hydrogen) atoms. The molecule has 0 aliphatic carbocycles. The van der Waals surface area contributed by atoms with Crippen LogP contribution in [0.2, 0.25) is 0 Å². The Morgan fingerprint density at radius 3 is 2.82 bits per heavy atom. The Balaban J connectivity index is 1.76. The molecule has 0 unspecified atom stereocenters. The summed E-state index contributed by atoms with van der Waals surface area (Å²) in [6.07, 6.45) is 0.252. The Morgan fingerprint density at radius 1 is 1.32 bits per heavy atom. The molecule has 0 bridgehead atoms. The van der Waals surface area contributed by atoms with Gasteiger partial charge in [-0.3, -0.25) is 4.79 Å². The minimum Gasteiger partial charge on any atom is -0.356 e. The van der Waals surface area contributed by atoms with E-state index in [1.807, 2.05) is 38.2 Å². The van der Waals surface area contributed by atoms with E-state index in [1.165, 1.54) is 9.75 Å². The van der Waals surface area contributed by atoms with Gasteiger partial charge < -0.3 is 9.42 Å². The van der Waals surface area contributed by atoms with E-state index in [9.17, 15) is 4.79 Å². The molecule has 0 saturated heterocycles. The van der Waals surface area contributed by atoms with Crippen molar-refractivity contribution in [3.8, 4) is 0 Å². The lowest BCUT2D eigenvalue weighted by Gasteiger charge is -2.23. The summed E-state index contributed by atoms with van der Waals surface area (Å²) in [6.45, 7) is 4.12. The molecule has 2 heterocycles.